The number of halogens is 1. The molecule has 0 aromatic heterocycles. The third-order valence-corrected chi connectivity index (χ3v) is 5.66. The van der Waals surface area contributed by atoms with Crippen LogP contribution < -0.4 is 15.4 Å². The zero-order valence-corrected chi connectivity index (χ0v) is 17.3. The van der Waals surface area contributed by atoms with Gasteiger partial charge >= 0.3 is 5.97 Å². The van der Waals surface area contributed by atoms with Crippen LogP contribution >= 0.6 is 15.9 Å². The molecule has 7 heteroatoms. The Labute approximate surface area is 176 Å². The third-order valence-electron chi connectivity index (χ3n) is 4.97. The number of amides is 1. The predicted octanol–water partition coefficient (Wildman–Crippen LogP) is 3.64. The highest BCUT2D eigenvalue weighted by Gasteiger charge is 2.32. The Kier molecular flexibility index (Phi) is 5.25. The molecule has 3 aromatic carbocycles. The van der Waals surface area contributed by atoms with Crippen LogP contribution in [0.5, 0.6) is 5.75 Å². The lowest BCUT2D eigenvalue weighted by atomic mass is 10.0. The van der Waals surface area contributed by atoms with Crippen molar-refractivity contribution in [3.05, 3.63) is 70.2 Å². The van der Waals surface area contributed by atoms with Gasteiger partial charge in [0, 0.05) is 4.47 Å². The number of carbonyl (C=O) groups is 2. The van der Waals surface area contributed by atoms with E-state index in [4.69, 9.17) is 15.2 Å². The highest BCUT2D eigenvalue weighted by molar-refractivity contribution is 9.10. The number of nitrogens with two attached hydrogens (primary N) is 1. The third kappa shape index (κ3) is 3.47. The van der Waals surface area contributed by atoms with Gasteiger partial charge in [0.2, 0.25) is 5.91 Å². The number of carbonyl (C=O) groups excluding carboxylic acids is 2. The van der Waals surface area contributed by atoms with Crippen LogP contribution in [0.3, 0.4) is 0 Å². The van der Waals surface area contributed by atoms with Crippen molar-refractivity contribution in [2.24, 2.45) is 5.73 Å². The van der Waals surface area contributed by atoms with Gasteiger partial charge in [-0.25, -0.2) is 4.79 Å². The number of hydrogen-bond donors (Lipinski definition) is 1. The molecule has 0 saturated heterocycles. The van der Waals surface area contributed by atoms with Crippen LogP contribution in [-0.2, 0) is 16.1 Å². The van der Waals surface area contributed by atoms with Crippen LogP contribution in [0.4, 0.5) is 5.69 Å². The first-order chi connectivity index (χ1) is 14.0. The highest BCUT2D eigenvalue weighted by Crippen LogP contribution is 2.37. The summed E-state index contributed by atoms with van der Waals surface area (Å²) in [6.45, 7) is 0.277. The Morgan fingerprint density at radius 3 is 2.69 bits per heavy atom. The minimum absolute atomic E-state index is 0.0164. The van der Waals surface area contributed by atoms with Gasteiger partial charge in [0.05, 0.1) is 19.3 Å². The highest BCUT2D eigenvalue weighted by atomic mass is 79.9. The molecule has 0 fully saturated rings. The number of ether oxygens (including phenoxy) is 2. The molecule has 1 amide bonds. The molecule has 2 N–H and O–H groups in total. The van der Waals surface area contributed by atoms with E-state index in [-0.39, 0.29) is 18.1 Å². The van der Waals surface area contributed by atoms with E-state index in [0.29, 0.717) is 18.0 Å². The summed E-state index contributed by atoms with van der Waals surface area (Å²) in [6.07, 6.45) is 0. The summed E-state index contributed by atoms with van der Waals surface area (Å²) in [4.78, 5) is 26.8. The Bertz CT molecular complexity index is 1120. The van der Waals surface area contributed by atoms with Crippen molar-refractivity contribution in [1.29, 1.82) is 0 Å². The second-order valence-electron chi connectivity index (χ2n) is 6.74. The maximum absolute atomic E-state index is 13.1. The van der Waals surface area contributed by atoms with E-state index < -0.39 is 12.0 Å². The lowest BCUT2D eigenvalue weighted by molar-refractivity contribution is -0.120. The summed E-state index contributed by atoms with van der Waals surface area (Å²) in [5.41, 5.74) is 7.78. The van der Waals surface area contributed by atoms with E-state index in [9.17, 15) is 9.59 Å². The van der Waals surface area contributed by atoms with Crippen LogP contribution in [0, 0.1) is 0 Å². The molecule has 0 aliphatic carbocycles. The number of para-hydroxylation sites is 1. The van der Waals surface area contributed by atoms with Gasteiger partial charge in [-0.05, 0) is 34.5 Å². The number of anilines is 1. The largest absolute Gasteiger partial charge is 0.488 e. The van der Waals surface area contributed by atoms with Crippen LogP contribution in [0.25, 0.3) is 10.8 Å². The SMILES string of the molecule is COC(=O)c1cccc2c1OCC(N)C(=O)N2Cc1ccc(Br)c2ccccc12. The van der Waals surface area contributed by atoms with E-state index >= 15 is 0 Å². The molecule has 148 valence electrons. The molecule has 6 nitrogen and oxygen atoms in total. The van der Waals surface area contributed by atoms with Crippen molar-refractivity contribution in [3.63, 3.8) is 0 Å². The molecule has 0 radical (unpaired) electrons. The average molecular weight is 455 g/mol. The maximum atomic E-state index is 13.1. The molecule has 0 spiro atoms. The van der Waals surface area contributed by atoms with E-state index in [1.165, 1.54) is 7.11 Å². The van der Waals surface area contributed by atoms with Gasteiger partial charge in [-0.3, -0.25) is 4.79 Å². The zero-order valence-electron chi connectivity index (χ0n) is 15.7. The predicted molar refractivity (Wildman–Crippen MR) is 114 cm³/mol. The molecule has 29 heavy (non-hydrogen) atoms. The van der Waals surface area contributed by atoms with Gasteiger partial charge in [0.1, 0.15) is 18.2 Å². The average Bonchev–Trinajstić information content (AvgIpc) is 2.87. The number of methoxy groups -OCH3 is 1. The first kappa shape index (κ1) is 19.4. The molecule has 1 heterocycles. The maximum Gasteiger partial charge on any atom is 0.341 e. The Hall–Kier alpha value is -2.90. The van der Waals surface area contributed by atoms with Crippen molar-refractivity contribution < 1.29 is 19.1 Å². The van der Waals surface area contributed by atoms with Crippen molar-refractivity contribution in [2.45, 2.75) is 12.6 Å². The van der Waals surface area contributed by atoms with E-state index in [1.54, 1.807) is 23.1 Å². The lowest BCUT2D eigenvalue weighted by Gasteiger charge is -2.24. The fourth-order valence-electron chi connectivity index (χ4n) is 3.52. The number of rotatable bonds is 3. The molecule has 1 atom stereocenters. The van der Waals surface area contributed by atoms with Gasteiger partial charge in [0.25, 0.3) is 0 Å². The van der Waals surface area contributed by atoms with E-state index in [2.05, 4.69) is 15.9 Å². The number of nitrogens with zero attached hydrogens (tertiary/aromatic N) is 1. The fourth-order valence-corrected chi connectivity index (χ4v) is 4.00. The second-order valence-corrected chi connectivity index (χ2v) is 7.59. The summed E-state index contributed by atoms with van der Waals surface area (Å²) < 4.78 is 11.6. The van der Waals surface area contributed by atoms with Crippen molar-refractivity contribution >= 4 is 44.3 Å². The summed E-state index contributed by atoms with van der Waals surface area (Å²) in [6, 6.07) is 16.1. The van der Waals surface area contributed by atoms with Crippen molar-refractivity contribution in [1.82, 2.24) is 0 Å². The van der Waals surface area contributed by atoms with Crippen LogP contribution in [-0.4, -0.2) is 31.6 Å². The van der Waals surface area contributed by atoms with Gasteiger partial charge in [-0.15, -0.1) is 0 Å². The number of benzene rings is 3. The molecule has 1 unspecified atom stereocenters. The fraction of sp³-hybridized carbons (Fsp3) is 0.182. The number of hydrogen-bond acceptors (Lipinski definition) is 5. The summed E-state index contributed by atoms with van der Waals surface area (Å²) in [5.74, 6) is -0.487. The topological polar surface area (TPSA) is 81.9 Å². The molecule has 0 bridgehead atoms. The van der Waals surface area contributed by atoms with Crippen molar-refractivity contribution in [2.75, 3.05) is 18.6 Å². The quantitative estimate of drug-likeness (QED) is 0.610. The second kappa shape index (κ2) is 7.85. The number of esters is 1. The monoisotopic (exact) mass is 454 g/mol. The van der Waals surface area contributed by atoms with E-state index in [0.717, 1.165) is 20.8 Å². The van der Waals surface area contributed by atoms with Crippen LogP contribution in [0.1, 0.15) is 15.9 Å². The molecule has 3 aromatic rings. The zero-order chi connectivity index (χ0) is 20.5. The number of fused-ring (bicyclic) bond motifs is 2. The molecule has 0 saturated carbocycles. The normalized spacial score (nSPS) is 16.2. The van der Waals surface area contributed by atoms with Crippen LogP contribution in [0.15, 0.2) is 59.1 Å². The molecule has 1 aliphatic rings. The van der Waals surface area contributed by atoms with Gasteiger partial charge < -0.3 is 20.1 Å². The van der Waals surface area contributed by atoms with E-state index in [1.807, 2.05) is 36.4 Å². The summed E-state index contributed by atoms with van der Waals surface area (Å²) in [5, 5.41) is 2.08. The smallest absolute Gasteiger partial charge is 0.341 e. The Balaban J connectivity index is 1.85. The lowest BCUT2D eigenvalue weighted by Crippen LogP contribution is -2.45. The standard InChI is InChI=1S/C22H19BrN2O4/c1-28-22(27)16-7-4-8-19-20(16)29-12-18(24)21(26)25(19)11-13-9-10-17(23)15-6-3-2-5-14(13)15/h2-10,18H,11-12,24H2,1H3. The minimum atomic E-state index is -0.838. The minimum Gasteiger partial charge on any atom is -0.488 e. The first-order valence-corrected chi connectivity index (χ1v) is 9.87. The molecular formula is C22H19BrN2O4. The molecule has 4 rings (SSSR count). The first-order valence-electron chi connectivity index (χ1n) is 9.08. The summed E-state index contributed by atoms with van der Waals surface area (Å²) in [7, 11) is 1.31. The molecular weight excluding hydrogens is 436 g/mol. The van der Waals surface area contributed by atoms with Gasteiger partial charge in [-0.1, -0.05) is 52.3 Å². The molecule has 1 aliphatic heterocycles. The van der Waals surface area contributed by atoms with Crippen molar-refractivity contribution in [3.8, 4) is 5.75 Å². The van der Waals surface area contributed by atoms with Crippen LogP contribution in [0.2, 0.25) is 0 Å². The van der Waals surface area contributed by atoms with Gasteiger partial charge in [-0.2, -0.15) is 0 Å². The Morgan fingerprint density at radius 2 is 1.93 bits per heavy atom. The Morgan fingerprint density at radius 1 is 1.17 bits per heavy atom. The van der Waals surface area contributed by atoms with Gasteiger partial charge in [0.15, 0.2) is 5.75 Å². The summed E-state index contributed by atoms with van der Waals surface area (Å²) >= 11 is 3.58.